The number of H-pyrrole nitrogens is 1. The SMILES string of the molecule is CC(C)(C)[Si](C)(C)OC[C@H]1O[C@@H](n2c[c]c(=O)[nH]c2=O)C[C@@H]1O[Si](C)(C)C(C)(C)C. The van der Waals surface area contributed by atoms with Gasteiger partial charge in [-0.1, -0.05) is 41.5 Å². The van der Waals surface area contributed by atoms with Crippen molar-refractivity contribution in [1.29, 1.82) is 0 Å². The van der Waals surface area contributed by atoms with Gasteiger partial charge in [0.1, 0.15) is 12.3 Å². The summed E-state index contributed by atoms with van der Waals surface area (Å²) >= 11 is 0. The highest BCUT2D eigenvalue weighted by Gasteiger charge is 2.46. The first-order valence-corrected chi connectivity index (χ1v) is 16.5. The van der Waals surface area contributed by atoms with Crippen molar-refractivity contribution >= 4 is 16.6 Å². The second-order valence-electron chi connectivity index (χ2n) is 11.3. The molecular formula is C21H39N2O5Si2. The number of aromatic nitrogens is 2. The standard InChI is InChI=1S/C21H39N2O5Si2/c1-20(2,3)29(7,8)26-14-16-15(28-30(9,10)21(4,5)6)13-18(27-16)23-12-11-17(24)22-19(23)25/h12,15-16,18H,13-14H2,1-10H3,(H,22,24,25)/t15-,16+,18+/m0/s1. The average Bonchev–Trinajstić information content (AvgIpc) is 2.92. The van der Waals surface area contributed by atoms with Gasteiger partial charge in [-0.25, -0.2) is 4.79 Å². The molecule has 1 aromatic rings. The van der Waals surface area contributed by atoms with Crippen molar-refractivity contribution in [2.45, 2.75) is 103 Å². The normalized spacial score (nSPS) is 23.7. The smallest absolute Gasteiger partial charge is 0.330 e. The highest BCUT2D eigenvalue weighted by molar-refractivity contribution is 6.74. The first kappa shape index (κ1) is 25.3. The Balaban J connectivity index is 2.28. The molecule has 1 aliphatic heterocycles. The van der Waals surface area contributed by atoms with E-state index in [9.17, 15) is 9.59 Å². The van der Waals surface area contributed by atoms with Crippen LogP contribution < -0.4 is 11.2 Å². The fourth-order valence-electron chi connectivity index (χ4n) is 2.81. The van der Waals surface area contributed by atoms with Crippen molar-refractivity contribution in [2.75, 3.05) is 6.61 Å². The summed E-state index contributed by atoms with van der Waals surface area (Å²) < 4.78 is 20.8. The summed E-state index contributed by atoms with van der Waals surface area (Å²) in [7, 11) is -4.02. The van der Waals surface area contributed by atoms with E-state index in [1.807, 2.05) is 0 Å². The number of hydrogen-bond acceptors (Lipinski definition) is 5. The lowest BCUT2D eigenvalue weighted by molar-refractivity contribution is -0.0412. The highest BCUT2D eigenvalue weighted by atomic mass is 28.4. The van der Waals surface area contributed by atoms with Crippen LogP contribution >= 0.6 is 0 Å². The van der Waals surface area contributed by atoms with Crippen LogP contribution in [0.15, 0.2) is 15.8 Å². The van der Waals surface area contributed by atoms with E-state index in [1.165, 1.54) is 10.8 Å². The molecule has 0 amide bonds. The van der Waals surface area contributed by atoms with Crippen molar-refractivity contribution in [3.63, 3.8) is 0 Å². The highest BCUT2D eigenvalue weighted by Crippen LogP contribution is 2.42. The van der Waals surface area contributed by atoms with Crippen LogP contribution in [0.1, 0.15) is 54.2 Å². The first-order valence-electron chi connectivity index (χ1n) is 10.6. The number of hydrogen-bond donors (Lipinski definition) is 1. The molecule has 1 N–H and O–H groups in total. The van der Waals surface area contributed by atoms with Gasteiger partial charge < -0.3 is 13.6 Å². The van der Waals surface area contributed by atoms with Crippen molar-refractivity contribution in [2.24, 2.45) is 0 Å². The van der Waals surface area contributed by atoms with E-state index in [2.05, 4.69) is 78.8 Å². The number of nitrogens with one attached hydrogen (secondary N) is 1. The molecule has 1 aliphatic rings. The Kier molecular flexibility index (Phi) is 7.15. The molecule has 0 aliphatic carbocycles. The van der Waals surface area contributed by atoms with Gasteiger partial charge in [-0.15, -0.1) is 0 Å². The van der Waals surface area contributed by atoms with Gasteiger partial charge in [-0.05, 0) is 36.3 Å². The molecule has 0 aromatic carbocycles. The first-order chi connectivity index (χ1) is 13.4. The quantitative estimate of drug-likeness (QED) is 0.655. The van der Waals surface area contributed by atoms with Crippen LogP contribution in [-0.2, 0) is 13.6 Å². The molecule has 0 spiro atoms. The molecule has 171 valence electrons. The fraction of sp³-hybridized carbons (Fsp3) is 0.810. The van der Waals surface area contributed by atoms with E-state index in [-0.39, 0.29) is 22.3 Å². The fourth-order valence-corrected chi connectivity index (χ4v) is 5.18. The minimum atomic E-state index is -2.05. The Morgan fingerprint density at radius 1 is 1.10 bits per heavy atom. The summed E-state index contributed by atoms with van der Waals surface area (Å²) in [6, 6.07) is 2.51. The summed E-state index contributed by atoms with van der Waals surface area (Å²) in [6.07, 6.45) is 0.911. The van der Waals surface area contributed by atoms with Crippen LogP contribution in [-0.4, -0.2) is 45.0 Å². The zero-order chi connectivity index (χ0) is 23.1. The summed E-state index contributed by atoms with van der Waals surface area (Å²) in [6.45, 7) is 22.5. The van der Waals surface area contributed by atoms with Gasteiger partial charge in [0.25, 0.3) is 5.56 Å². The van der Waals surface area contributed by atoms with E-state index in [0.717, 1.165) is 0 Å². The Morgan fingerprint density at radius 2 is 1.67 bits per heavy atom. The Hall–Kier alpha value is -1.01. The molecule has 1 radical (unpaired) electrons. The van der Waals surface area contributed by atoms with Gasteiger partial charge in [0.15, 0.2) is 16.6 Å². The van der Waals surface area contributed by atoms with Crippen LogP contribution in [0.2, 0.25) is 36.3 Å². The molecular weight excluding hydrogens is 416 g/mol. The van der Waals surface area contributed by atoms with E-state index >= 15 is 0 Å². The lowest BCUT2D eigenvalue weighted by atomic mass is 10.2. The molecule has 0 bridgehead atoms. The van der Waals surface area contributed by atoms with Gasteiger partial charge in [0.2, 0.25) is 0 Å². The van der Waals surface area contributed by atoms with E-state index in [4.69, 9.17) is 13.6 Å². The molecule has 1 saturated heterocycles. The van der Waals surface area contributed by atoms with Gasteiger partial charge in [0, 0.05) is 12.6 Å². The van der Waals surface area contributed by atoms with Crippen molar-refractivity contribution in [3.8, 4) is 0 Å². The average molecular weight is 456 g/mol. The van der Waals surface area contributed by atoms with Crippen LogP contribution in [0, 0.1) is 6.07 Å². The number of aromatic amines is 1. The zero-order valence-electron chi connectivity index (χ0n) is 20.2. The van der Waals surface area contributed by atoms with Crippen LogP contribution in [0.4, 0.5) is 0 Å². The van der Waals surface area contributed by atoms with Crippen LogP contribution in [0.25, 0.3) is 0 Å². The maximum atomic E-state index is 12.3. The Labute approximate surface area is 182 Å². The third kappa shape index (κ3) is 5.61. The lowest BCUT2D eigenvalue weighted by Gasteiger charge is -2.40. The third-order valence-corrected chi connectivity index (χ3v) is 16.0. The van der Waals surface area contributed by atoms with Gasteiger partial charge >= 0.3 is 5.69 Å². The predicted molar refractivity (Wildman–Crippen MR) is 124 cm³/mol. The van der Waals surface area contributed by atoms with Crippen molar-refractivity contribution in [1.82, 2.24) is 9.55 Å². The summed E-state index contributed by atoms with van der Waals surface area (Å²) in [5.74, 6) is 0. The van der Waals surface area contributed by atoms with Crippen molar-refractivity contribution < 1.29 is 13.6 Å². The van der Waals surface area contributed by atoms with Crippen molar-refractivity contribution in [3.05, 3.63) is 33.1 Å². The molecule has 0 unspecified atom stereocenters. The minimum Gasteiger partial charge on any atom is -0.414 e. The predicted octanol–water partition coefficient (Wildman–Crippen LogP) is 4.04. The van der Waals surface area contributed by atoms with Gasteiger partial charge in [0.05, 0.1) is 18.8 Å². The number of rotatable bonds is 6. The molecule has 1 aromatic heterocycles. The van der Waals surface area contributed by atoms with E-state index in [1.54, 1.807) is 0 Å². The van der Waals surface area contributed by atoms with Crippen LogP contribution in [0.3, 0.4) is 0 Å². The second-order valence-corrected chi connectivity index (χ2v) is 20.9. The largest absolute Gasteiger partial charge is 0.414 e. The van der Waals surface area contributed by atoms with Crippen LogP contribution in [0.5, 0.6) is 0 Å². The maximum Gasteiger partial charge on any atom is 0.330 e. The lowest BCUT2D eigenvalue weighted by Crippen LogP contribution is -2.48. The van der Waals surface area contributed by atoms with E-state index < -0.39 is 34.1 Å². The summed E-state index contributed by atoms with van der Waals surface area (Å²) in [5.41, 5.74) is -1.04. The molecule has 1 fully saturated rings. The molecule has 0 saturated carbocycles. The monoisotopic (exact) mass is 455 g/mol. The van der Waals surface area contributed by atoms with E-state index in [0.29, 0.717) is 13.0 Å². The molecule has 9 heteroatoms. The third-order valence-electron chi connectivity index (χ3n) is 6.95. The number of nitrogens with zero attached hydrogens (tertiary/aromatic N) is 1. The topological polar surface area (TPSA) is 82.5 Å². The minimum absolute atomic E-state index is 0.0541. The second kappa shape index (κ2) is 8.50. The molecule has 30 heavy (non-hydrogen) atoms. The molecule has 7 nitrogen and oxygen atoms in total. The number of ether oxygens (including phenoxy) is 1. The Bertz CT molecular complexity index is 848. The zero-order valence-corrected chi connectivity index (χ0v) is 22.2. The summed E-state index contributed by atoms with van der Waals surface area (Å²) in [5, 5.41) is 0.143. The Morgan fingerprint density at radius 3 is 2.17 bits per heavy atom. The molecule has 2 heterocycles. The maximum absolute atomic E-state index is 12.3. The van der Waals surface area contributed by atoms with Gasteiger partial charge in [-0.3, -0.25) is 14.3 Å². The molecule has 3 atom stereocenters. The van der Waals surface area contributed by atoms with Gasteiger partial charge in [-0.2, -0.15) is 0 Å². The summed E-state index contributed by atoms with van der Waals surface area (Å²) in [4.78, 5) is 25.9. The molecule has 2 rings (SSSR count).